The van der Waals surface area contributed by atoms with Gasteiger partial charge in [0, 0.05) is 19.7 Å². The molecule has 100 valence electrons. The third-order valence-electron chi connectivity index (χ3n) is 3.09. The van der Waals surface area contributed by atoms with Gasteiger partial charge < -0.3 is 15.4 Å². The van der Waals surface area contributed by atoms with E-state index in [0.29, 0.717) is 13.1 Å². The number of nitrogens with two attached hydrogens (primary N) is 1. The van der Waals surface area contributed by atoms with Gasteiger partial charge in [0.1, 0.15) is 0 Å². The molecule has 1 unspecified atom stereocenters. The predicted molar refractivity (Wildman–Crippen MR) is 72.2 cm³/mol. The largest absolute Gasteiger partial charge is 0.376 e. The van der Waals surface area contributed by atoms with Crippen LogP contribution in [0.1, 0.15) is 26.2 Å². The first-order valence-electron chi connectivity index (χ1n) is 6.34. The van der Waals surface area contributed by atoms with E-state index in [1.54, 1.807) is 11.8 Å². The van der Waals surface area contributed by atoms with Crippen molar-refractivity contribution in [1.82, 2.24) is 4.90 Å². The molecule has 17 heavy (non-hydrogen) atoms. The first-order chi connectivity index (χ1) is 8.19. The molecule has 1 saturated heterocycles. The Kier molecular flexibility index (Phi) is 6.92. The van der Waals surface area contributed by atoms with Crippen LogP contribution in [0.5, 0.6) is 0 Å². The number of likely N-dealkylation sites (N-methyl/N-ethyl adjacent to an activating group) is 1. The molecule has 0 aromatic heterocycles. The number of nitrogens with zero attached hydrogens (tertiary/aromatic N) is 1. The number of rotatable bonds is 7. The molecule has 1 amide bonds. The summed E-state index contributed by atoms with van der Waals surface area (Å²) in [5.74, 6) is 1.00. The number of hydrogen-bond acceptors (Lipinski definition) is 4. The molecule has 0 aliphatic carbocycles. The Balaban J connectivity index is 2.39. The zero-order valence-electron chi connectivity index (χ0n) is 10.9. The maximum absolute atomic E-state index is 12.1. The maximum Gasteiger partial charge on any atom is 0.239 e. The number of carbonyl (C=O) groups is 1. The van der Waals surface area contributed by atoms with E-state index in [9.17, 15) is 4.79 Å². The molecule has 0 aromatic rings. The van der Waals surface area contributed by atoms with Crippen molar-refractivity contribution in [2.45, 2.75) is 38.3 Å². The summed E-state index contributed by atoms with van der Waals surface area (Å²) >= 11 is 1.72. The number of thioether (sulfide) groups is 1. The third-order valence-corrected chi connectivity index (χ3v) is 3.74. The summed E-state index contributed by atoms with van der Waals surface area (Å²) in [6.45, 7) is 4.23. The summed E-state index contributed by atoms with van der Waals surface area (Å²) in [7, 11) is 0. The SMILES string of the molecule is CCN(CC1CCCO1)C(=O)[C@H](N)CCSC. The van der Waals surface area contributed by atoms with Gasteiger partial charge in [0.25, 0.3) is 0 Å². The van der Waals surface area contributed by atoms with Gasteiger partial charge in [-0.2, -0.15) is 11.8 Å². The zero-order chi connectivity index (χ0) is 12.7. The molecule has 5 heteroatoms. The molecule has 0 spiro atoms. The molecule has 2 atom stereocenters. The Morgan fingerprint density at radius 3 is 2.94 bits per heavy atom. The summed E-state index contributed by atoms with van der Waals surface area (Å²) in [6, 6.07) is -0.358. The van der Waals surface area contributed by atoms with Crippen molar-refractivity contribution in [3.63, 3.8) is 0 Å². The highest BCUT2D eigenvalue weighted by atomic mass is 32.2. The van der Waals surface area contributed by atoms with E-state index in [0.717, 1.165) is 31.6 Å². The molecule has 0 bridgehead atoms. The Bertz CT molecular complexity index is 233. The third kappa shape index (κ3) is 4.85. The summed E-state index contributed by atoms with van der Waals surface area (Å²) in [4.78, 5) is 13.9. The van der Waals surface area contributed by atoms with Gasteiger partial charge in [-0.25, -0.2) is 0 Å². The number of ether oxygens (including phenoxy) is 1. The first kappa shape index (κ1) is 14.8. The Labute approximate surface area is 108 Å². The van der Waals surface area contributed by atoms with E-state index < -0.39 is 0 Å². The topological polar surface area (TPSA) is 55.6 Å². The van der Waals surface area contributed by atoms with Gasteiger partial charge in [-0.05, 0) is 38.2 Å². The molecule has 0 radical (unpaired) electrons. The average molecular weight is 260 g/mol. The second-order valence-electron chi connectivity index (χ2n) is 4.40. The summed E-state index contributed by atoms with van der Waals surface area (Å²) in [6.07, 6.45) is 5.16. The average Bonchev–Trinajstić information content (AvgIpc) is 2.84. The molecule has 1 aliphatic heterocycles. The fourth-order valence-electron chi connectivity index (χ4n) is 2.01. The van der Waals surface area contributed by atoms with Gasteiger partial charge in [-0.3, -0.25) is 4.79 Å². The number of amides is 1. The Hall–Kier alpha value is -0.260. The highest BCUT2D eigenvalue weighted by Gasteiger charge is 2.24. The van der Waals surface area contributed by atoms with E-state index in [4.69, 9.17) is 10.5 Å². The predicted octanol–water partition coefficient (Wildman–Crippen LogP) is 1.09. The lowest BCUT2D eigenvalue weighted by Crippen LogP contribution is -2.46. The van der Waals surface area contributed by atoms with Crippen molar-refractivity contribution in [3.05, 3.63) is 0 Å². The summed E-state index contributed by atoms with van der Waals surface area (Å²) < 4.78 is 5.56. The van der Waals surface area contributed by atoms with Gasteiger partial charge in [0.05, 0.1) is 12.1 Å². The van der Waals surface area contributed by atoms with Gasteiger partial charge in [0.2, 0.25) is 5.91 Å². The van der Waals surface area contributed by atoms with Crippen LogP contribution in [0, 0.1) is 0 Å². The van der Waals surface area contributed by atoms with Crippen molar-refractivity contribution in [3.8, 4) is 0 Å². The fraction of sp³-hybridized carbons (Fsp3) is 0.917. The van der Waals surface area contributed by atoms with Crippen LogP contribution in [-0.2, 0) is 9.53 Å². The highest BCUT2D eigenvalue weighted by molar-refractivity contribution is 7.98. The fourth-order valence-corrected chi connectivity index (χ4v) is 2.50. The second-order valence-corrected chi connectivity index (χ2v) is 5.39. The van der Waals surface area contributed by atoms with Crippen LogP contribution in [0.3, 0.4) is 0 Å². The lowest BCUT2D eigenvalue weighted by molar-refractivity contribution is -0.134. The van der Waals surface area contributed by atoms with Gasteiger partial charge in [-0.15, -0.1) is 0 Å². The summed E-state index contributed by atoms with van der Waals surface area (Å²) in [5.41, 5.74) is 5.91. The van der Waals surface area contributed by atoms with Crippen LogP contribution >= 0.6 is 11.8 Å². The van der Waals surface area contributed by atoms with Crippen LogP contribution in [0.2, 0.25) is 0 Å². The molecule has 1 aliphatic rings. The monoisotopic (exact) mass is 260 g/mol. The van der Waals surface area contributed by atoms with Crippen LogP contribution in [0.4, 0.5) is 0 Å². The van der Waals surface area contributed by atoms with Gasteiger partial charge >= 0.3 is 0 Å². The molecule has 1 fully saturated rings. The highest BCUT2D eigenvalue weighted by Crippen LogP contribution is 2.14. The lowest BCUT2D eigenvalue weighted by Gasteiger charge is -2.26. The van der Waals surface area contributed by atoms with Gasteiger partial charge in [0.15, 0.2) is 0 Å². The minimum absolute atomic E-state index is 0.0667. The normalized spacial score (nSPS) is 21.5. The molecule has 2 N–H and O–H groups in total. The minimum atomic E-state index is -0.358. The molecule has 1 heterocycles. The lowest BCUT2D eigenvalue weighted by atomic mass is 10.2. The van der Waals surface area contributed by atoms with Crippen LogP contribution in [-0.4, -0.2) is 54.7 Å². The van der Waals surface area contributed by atoms with Crippen molar-refractivity contribution < 1.29 is 9.53 Å². The maximum atomic E-state index is 12.1. The van der Waals surface area contributed by atoms with Crippen LogP contribution < -0.4 is 5.73 Å². The molecule has 0 saturated carbocycles. The molecule has 0 aromatic carbocycles. The van der Waals surface area contributed by atoms with E-state index >= 15 is 0 Å². The number of hydrogen-bond donors (Lipinski definition) is 1. The van der Waals surface area contributed by atoms with Crippen molar-refractivity contribution in [2.75, 3.05) is 31.7 Å². The quantitative estimate of drug-likeness (QED) is 0.744. The summed E-state index contributed by atoms with van der Waals surface area (Å²) in [5, 5.41) is 0. The first-order valence-corrected chi connectivity index (χ1v) is 7.73. The van der Waals surface area contributed by atoms with Crippen molar-refractivity contribution >= 4 is 17.7 Å². The molecular formula is C12H24N2O2S. The molecule has 4 nitrogen and oxygen atoms in total. The van der Waals surface area contributed by atoms with Crippen molar-refractivity contribution in [2.24, 2.45) is 5.73 Å². The van der Waals surface area contributed by atoms with E-state index in [1.807, 2.05) is 18.1 Å². The standard InChI is InChI=1S/C12H24N2O2S/c1-3-14(9-10-5-4-7-16-10)12(15)11(13)6-8-17-2/h10-11H,3-9,13H2,1-2H3/t10?,11-/m1/s1. The van der Waals surface area contributed by atoms with E-state index in [1.165, 1.54) is 0 Å². The zero-order valence-corrected chi connectivity index (χ0v) is 11.7. The van der Waals surface area contributed by atoms with E-state index in [2.05, 4.69) is 0 Å². The second kappa shape index (κ2) is 7.95. The molecular weight excluding hydrogens is 236 g/mol. The smallest absolute Gasteiger partial charge is 0.239 e. The van der Waals surface area contributed by atoms with Crippen LogP contribution in [0.15, 0.2) is 0 Å². The Morgan fingerprint density at radius 2 is 2.41 bits per heavy atom. The van der Waals surface area contributed by atoms with Gasteiger partial charge in [-0.1, -0.05) is 0 Å². The van der Waals surface area contributed by atoms with Crippen LogP contribution in [0.25, 0.3) is 0 Å². The Morgan fingerprint density at radius 1 is 1.65 bits per heavy atom. The molecule has 1 rings (SSSR count). The van der Waals surface area contributed by atoms with Crippen molar-refractivity contribution in [1.29, 1.82) is 0 Å². The van der Waals surface area contributed by atoms with E-state index in [-0.39, 0.29) is 18.1 Å². The minimum Gasteiger partial charge on any atom is -0.376 e. The number of carbonyl (C=O) groups excluding carboxylic acids is 1.